The second-order valence-corrected chi connectivity index (χ2v) is 3.57. The van der Waals surface area contributed by atoms with Crippen LogP contribution in [0.3, 0.4) is 0 Å². The van der Waals surface area contributed by atoms with Crippen molar-refractivity contribution in [1.82, 2.24) is 4.98 Å². The van der Waals surface area contributed by atoms with Crippen molar-refractivity contribution in [3.8, 4) is 11.5 Å². The summed E-state index contributed by atoms with van der Waals surface area (Å²) in [5.41, 5.74) is 0. The molecule has 0 atom stereocenters. The standard InChI is InChI=1S/C11H8BrNO/c12-10-3-1-2-4-11(10)14-9-5-7-13-8-6-9/h1-8H. The third-order valence-electron chi connectivity index (χ3n) is 1.71. The van der Waals surface area contributed by atoms with Crippen LogP contribution in [0.4, 0.5) is 0 Å². The van der Waals surface area contributed by atoms with E-state index in [4.69, 9.17) is 4.74 Å². The van der Waals surface area contributed by atoms with Gasteiger partial charge >= 0.3 is 0 Å². The van der Waals surface area contributed by atoms with E-state index in [-0.39, 0.29) is 0 Å². The Morgan fingerprint density at radius 2 is 1.71 bits per heavy atom. The SMILES string of the molecule is Brc1ccccc1Oc1ccncc1. The number of halogens is 1. The van der Waals surface area contributed by atoms with Gasteiger partial charge in [-0.3, -0.25) is 4.98 Å². The first-order valence-corrected chi connectivity index (χ1v) is 4.98. The summed E-state index contributed by atoms with van der Waals surface area (Å²) in [5, 5.41) is 0. The number of benzene rings is 1. The van der Waals surface area contributed by atoms with Gasteiger partial charge in [-0.05, 0) is 40.2 Å². The molecule has 0 fully saturated rings. The number of pyridine rings is 1. The second kappa shape index (κ2) is 4.24. The number of rotatable bonds is 2. The Balaban J connectivity index is 2.24. The normalized spacial score (nSPS) is 9.79. The number of hydrogen-bond donors (Lipinski definition) is 0. The van der Waals surface area contributed by atoms with E-state index >= 15 is 0 Å². The van der Waals surface area contributed by atoms with Crippen molar-refractivity contribution in [2.24, 2.45) is 0 Å². The first-order valence-electron chi connectivity index (χ1n) is 4.18. The van der Waals surface area contributed by atoms with E-state index in [1.54, 1.807) is 12.4 Å². The molecule has 2 aromatic rings. The van der Waals surface area contributed by atoms with E-state index in [2.05, 4.69) is 20.9 Å². The molecule has 0 aliphatic heterocycles. The Kier molecular flexibility index (Phi) is 2.79. The lowest BCUT2D eigenvalue weighted by molar-refractivity contribution is 0.479. The summed E-state index contributed by atoms with van der Waals surface area (Å²) in [6.45, 7) is 0. The van der Waals surface area contributed by atoms with E-state index in [0.29, 0.717) is 0 Å². The molecule has 2 rings (SSSR count). The van der Waals surface area contributed by atoms with Crippen molar-refractivity contribution in [3.63, 3.8) is 0 Å². The zero-order valence-corrected chi connectivity index (χ0v) is 8.94. The van der Waals surface area contributed by atoms with Crippen LogP contribution in [0.15, 0.2) is 53.3 Å². The van der Waals surface area contributed by atoms with Crippen LogP contribution in [0, 0.1) is 0 Å². The van der Waals surface area contributed by atoms with Gasteiger partial charge in [-0.25, -0.2) is 0 Å². The minimum Gasteiger partial charge on any atom is -0.456 e. The van der Waals surface area contributed by atoms with Gasteiger partial charge in [0.05, 0.1) is 4.47 Å². The molecule has 14 heavy (non-hydrogen) atoms. The van der Waals surface area contributed by atoms with Gasteiger partial charge in [0.15, 0.2) is 0 Å². The van der Waals surface area contributed by atoms with E-state index in [1.807, 2.05) is 36.4 Å². The fourth-order valence-corrected chi connectivity index (χ4v) is 1.43. The van der Waals surface area contributed by atoms with Crippen LogP contribution in [0.25, 0.3) is 0 Å². The predicted molar refractivity (Wildman–Crippen MR) is 58.5 cm³/mol. The minimum atomic E-state index is 0.784. The van der Waals surface area contributed by atoms with Crippen LogP contribution < -0.4 is 4.74 Å². The van der Waals surface area contributed by atoms with Crippen LogP contribution in [0.5, 0.6) is 11.5 Å². The number of aromatic nitrogens is 1. The van der Waals surface area contributed by atoms with Gasteiger partial charge in [0, 0.05) is 12.4 Å². The molecule has 0 saturated carbocycles. The van der Waals surface area contributed by atoms with Gasteiger partial charge in [0.1, 0.15) is 11.5 Å². The fourth-order valence-electron chi connectivity index (χ4n) is 1.06. The highest BCUT2D eigenvalue weighted by molar-refractivity contribution is 9.10. The fraction of sp³-hybridized carbons (Fsp3) is 0. The summed E-state index contributed by atoms with van der Waals surface area (Å²) in [6, 6.07) is 11.4. The molecule has 0 aliphatic carbocycles. The van der Waals surface area contributed by atoms with E-state index < -0.39 is 0 Å². The first kappa shape index (κ1) is 9.21. The molecule has 1 aromatic heterocycles. The van der Waals surface area contributed by atoms with E-state index in [9.17, 15) is 0 Å². The van der Waals surface area contributed by atoms with Crippen LogP contribution in [-0.4, -0.2) is 4.98 Å². The van der Waals surface area contributed by atoms with E-state index in [0.717, 1.165) is 16.0 Å². The zero-order valence-electron chi connectivity index (χ0n) is 7.35. The zero-order chi connectivity index (χ0) is 9.80. The Morgan fingerprint density at radius 3 is 2.43 bits per heavy atom. The molecule has 0 aliphatic rings. The Labute approximate surface area is 90.7 Å². The van der Waals surface area contributed by atoms with Gasteiger partial charge in [-0.1, -0.05) is 12.1 Å². The van der Waals surface area contributed by atoms with Crippen LogP contribution in [0.2, 0.25) is 0 Å². The highest BCUT2D eigenvalue weighted by Crippen LogP contribution is 2.28. The van der Waals surface area contributed by atoms with Gasteiger partial charge in [-0.15, -0.1) is 0 Å². The van der Waals surface area contributed by atoms with Crippen LogP contribution in [0.1, 0.15) is 0 Å². The highest BCUT2D eigenvalue weighted by Gasteiger charge is 1.99. The third kappa shape index (κ3) is 2.12. The van der Waals surface area contributed by atoms with Crippen molar-refractivity contribution < 1.29 is 4.74 Å². The van der Waals surface area contributed by atoms with Gasteiger partial charge in [0.25, 0.3) is 0 Å². The topological polar surface area (TPSA) is 22.1 Å². The van der Waals surface area contributed by atoms with E-state index in [1.165, 1.54) is 0 Å². The molecule has 1 aromatic carbocycles. The maximum absolute atomic E-state index is 5.62. The van der Waals surface area contributed by atoms with Crippen molar-refractivity contribution >= 4 is 15.9 Å². The van der Waals surface area contributed by atoms with Crippen molar-refractivity contribution in [2.45, 2.75) is 0 Å². The summed E-state index contributed by atoms with van der Waals surface area (Å²) in [7, 11) is 0. The highest BCUT2D eigenvalue weighted by atomic mass is 79.9. The lowest BCUT2D eigenvalue weighted by atomic mass is 10.3. The summed E-state index contributed by atoms with van der Waals surface area (Å²) in [4.78, 5) is 3.92. The average molecular weight is 250 g/mol. The average Bonchev–Trinajstić information content (AvgIpc) is 2.23. The molecule has 70 valence electrons. The molecule has 1 heterocycles. The smallest absolute Gasteiger partial charge is 0.141 e. The summed E-state index contributed by atoms with van der Waals surface area (Å²) in [5.74, 6) is 1.59. The molecular formula is C11H8BrNO. The lowest BCUT2D eigenvalue weighted by Crippen LogP contribution is -1.84. The summed E-state index contributed by atoms with van der Waals surface area (Å²) < 4.78 is 6.56. The van der Waals surface area contributed by atoms with Crippen molar-refractivity contribution in [3.05, 3.63) is 53.3 Å². The molecule has 0 spiro atoms. The number of hydrogen-bond acceptors (Lipinski definition) is 2. The molecule has 0 radical (unpaired) electrons. The summed E-state index contributed by atoms with van der Waals surface area (Å²) >= 11 is 3.41. The minimum absolute atomic E-state index is 0.784. The summed E-state index contributed by atoms with van der Waals surface area (Å²) in [6.07, 6.45) is 3.40. The first-order chi connectivity index (χ1) is 6.86. The maximum atomic E-state index is 5.62. The Hall–Kier alpha value is -1.35. The Bertz CT molecular complexity index is 417. The number of ether oxygens (including phenoxy) is 1. The van der Waals surface area contributed by atoms with Crippen LogP contribution >= 0.6 is 15.9 Å². The lowest BCUT2D eigenvalue weighted by Gasteiger charge is -2.06. The van der Waals surface area contributed by atoms with Crippen molar-refractivity contribution in [1.29, 1.82) is 0 Å². The molecule has 3 heteroatoms. The van der Waals surface area contributed by atoms with Gasteiger partial charge < -0.3 is 4.74 Å². The number of para-hydroxylation sites is 1. The maximum Gasteiger partial charge on any atom is 0.141 e. The molecule has 2 nitrogen and oxygen atoms in total. The van der Waals surface area contributed by atoms with Gasteiger partial charge in [-0.2, -0.15) is 0 Å². The largest absolute Gasteiger partial charge is 0.456 e. The Morgan fingerprint density at radius 1 is 1.00 bits per heavy atom. The molecule has 0 amide bonds. The molecule has 0 unspecified atom stereocenters. The second-order valence-electron chi connectivity index (χ2n) is 2.72. The predicted octanol–water partition coefficient (Wildman–Crippen LogP) is 3.64. The molecule has 0 N–H and O–H groups in total. The quantitative estimate of drug-likeness (QED) is 0.811. The molecular weight excluding hydrogens is 242 g/mol. The van der Waals surface area contributed by atoms with Gasteiger partial charge in [0.2, 0.25) is 0 Å². The number of nitrogens with zero attached hydrogens (tertiary/aromatic N) is 1. The van der Waals surface area contributed by atoms with Crippen LogP contribution in [-0.2, 0) is 0 Å². The monoisotopic (exact) mass is 249 g/mol. The molecule has 0 saturated heterocycles. The third-order valence-corrected chi connectivity index (χ3v) is 2.37. The van der Waals surface area contributed by atoms with Crippen molar-refractivity contribution in [2.75, 3.05) is 0 Å². The molecule has 0 bridgehead atoms.